The Morgan fingerprint density at radius 1 is 0.244 bits per heavy atom. The summed E-state index contributed by atoms with van der Waals surface area (Å²) in [6.45, 7) is 14.1. The van der Waals surface area contributed by atoms with E-state index in [0.29, 0.717) is 0 Å². The minimum absolute atomic E-state index is 0.113. The van der Waals surface area contributed by atoms with Gasteiger partial charge in [0.05, 0.1) is 33.1 Å². The van der Waals surface area contributed by atoms with Crippen molar-refractivity contribution in [1.82, 2.24) is 8.80 Å². The molecule has 2 nitrogen and oxygen atoms in total. The van der Waals surface area contributed by atoms with Gasteiger partial charge in [0.15, 0.2) is 0 Å². The summed E-state index contributed by atoms with van der Waals surface area (Å²) >= 11 is 3.81. The van der Waals surface area contributed by atoms with Crippen molar-refractivity contribution in [3.63, 3.8) is 0 Å². The first kappa shape index (κ1) is 51.9. The van der Waals surface area contributed by atoms with Crippen LogP contribution in [0.25, 0.3) is 183 Å². The van der Waals surface area contributed by atoms with Crippen LogP contribution in [0.2, 0.25) is 0 Å². The zero-order valence-electron chi connectivity index (χ0n) is 51.0. The average Bonchev–Trinajstić information content (AvgIpc) is 1.50. The lowest BCUT2D eigenvalue weighted by Gasteiger charge is -2.25. The maximum absolute atomic E-state index is 2.68. The smallest absolute Gasteiger partial charge is 0.0627 e. The SMILES string of the molecule is CC(C)(C)c1cc(-c2ccccc2)c(-c2ccc3c4c5c(ccc4n4c6cc7c8c(-c9c(-c%10ccccc%10)cc(C(C)(C)C)cc9-c9ccccc9)ccc9c%10c%11c(ccc%10n(c7cc6c2c34)c98)sc2ccccc2%11)sc2ccccc25)c(-c2ccccc2)c1. The van der Waals surface area contributed by atoms with Crippen molar-refractivity contribution in [2.45, 2.75) is 52.4 Å². The van der Waals surface area contributed by atoms with Crippen molar-refractivity contribution in [2.75, 3.05) is 0 Å². The summed E-state index contributed by atoms with van der Waals surface area (Å²) in [6.07, 6.45) is 0. The fraction of sp³-hybridized carbons (Fsp3) is 0.0930. The van der Waals surface area contributed by atoms with E-state index in [1.165, 1.54) is 194 Å². The summed E-state index contributed by atoms with van der Waals surface area (Å²) in [5, 5.41) is 15.6. The van der Waals surface area contributed by atoms with E-state index in [9.17, 15) is 0 Å². The fourth-order valence-corrected chi connectivity index (χ4v) is 18.0. The van der Waals surface area contributed by atoms with Crippen LogP contribution in [0.1, 0.15) is 52.7 Å². The second-order valence-electron chi connectivity index (χ2n) is 27.0. The Morgan fingerprint density at radius 3 is 0.922 bits per heavy atom. The second kappa shape index (κ2) is 18.7. The number of thiophene rings is 2. The minimum atomic E-state index is -0.113. The molecule has 0 saturated carbocycles. The molecule has 0 aliphatic heterocycles. The van der Waals surface area contributed by atoms with Crippen molar-refractivity contribution in [3.8, 4) is 66.8 Å². The van der Waals surface area contributed by atoms with E-state index < -0.39 is 0 Å². The van der Waals surface area contributed by atoms with E-state index >= 15 is 0 Å². The van der Waals surface area contributed by atoms with Crippen LogP contribution in [0.4, 0.5) is 0 Å². The molecule has 13 aromatic carbocycles. The predicted octanol–water partition coefficient (Wildman–Crippen LogP) is 25.3. The highest BCUT2D eigenvalue weighted by molar-refractivity contribution is 7.26. The Kier molecular flexibility index (Phi) is 10.8. The maximum Gasteiger partial charge on any atom is 0.0627 e. The number of benzene rings is 13. The first-order valence-electron chi connectivity index (χ1n) is 31.6. The molecule has 0 spiro atoms. The fourth-order valence-electron chi connectivity index (χ4n) is 15.7. The highest BCUT2D eigenvalue weighted by atomic mass is 32.1. The molecule has 0 N–H and O–H groups in total. The Labute approximate surface area is 529 Å². The zero-order valence-corrected chi connectivity index (χ0v) is 52.6. The first-order chi connectivity index (χ1) is 43.9. The van der Waals surface area contributed by atoms with Gasteiger partial charge >= 0.3 is 0 Å². The lowest BCUT2D eigenvalue weighted by Crippen LogP contribution is -2.12. The standard InChI is InChI=1S/C86H60N2S2/c1-85(2,3)53-43-61(49-23-11-7-12-24-49)75(62(44-53)50-25-13-8-14-26-50)57-35-37-59-79-67(39-41-73-81(79)55-31-19-21-33-71(55)89-73)87-69-48-66-70(47-65(69)77(57)83(59)87)88-68-40-42-74-82(56-32-20-22-34-72(56)90-74)80(68)60-38-36-58(78(66)84(60)88)76-63(51-27-15-9-16-28-51)45-54(86(4,5)6)46-64(76)52-29-17-10-18-30-52/h7-48H,1-6H3. The minimum Gasteiger partial charge on any atom is -0.308 e. The third-order valence-electron chi connectivity index (χ3n) is 19.9. The van der Waals surface area contributed by atoms with Crippen molar-refractivity contribution in [2.24, 2.45) is 0 Å². The van der Waals surface area contributed by atoms with Crippen molar-refractivity contribution in [3.05, 3.63) is 266 Å². The molecule has 426 valence electrons. The van der Waals surface area contributed by atoms with Crippen LogP contribution in [-0.2, 0) is 10.8 Å². The molecule has 19 aromatic rings. The molecular weight excluding hydrogens is 1130 g/mol. The van der Waals surface area contributed by atoms with Gasteiger partial charge in [-0.15, -0.1) is 22.7 Å². The van der Waals surface area contributed by atoms with E-state index in [-0.39, 0.29) is 10.8 Å². The van der Waals surface area contributed by atoms with E-state index in [4.69, 9.17) is 0 Å². The third-order valence-corrected chi connectivity index (χ3v) is 22.2. The highest BCUT2D eigenvalue weighted by Crippen LogP contribution is 2.56. The number of hydrogen-bond acceptors (Lipinski definition) is 2. The number of rotatable bonds is 6. The molecule has 0 aliphatic carbocycles. The molecule has 0 bridgehead atoms. The summed E-state index contributed by atoms with van der Waals surface area (Å²) in [6, 6.07) is 97.5. The summed E-state index contributed by atoms with van der Waals surface area (Å²) < 4.78 is 10.6. The van der Waals surface area contributed by atoms with Gasteiger partial charge in [0.25, 0.3) is 0 Å². The topological polar surface area (TPSA) is 8.82 Å². The largest absolute Gasteiger partial charge is 0.308 e. The molecule has 90 heavy (non-hydrogen) atoms. The van der Waals surface area contributed by atoms with Gasteiger partial charge in [-0.05, 0) is 162 Å². The van der Waals surface area contributed by atoms with Crippen LogP contribution in [0, 0.1) is 0 Å². The number of hydrogen-bond donors (Lipinski definition) is 0. The molecule has 0 atom stereocenters. The lowest BCUT2D eigenvalue weighted by atomic mass is 9.78. The number of nitrogens with zero attached hydrogens (tertiary/aromatic N) is 2. The molecule has 19 rings (SSSR count). The van der Waals surface area contributed by atoms with Crippen LogP contribution in [0.3, 0.4) is 0 Å². The van der Waals surface area contributed by atoms with Crippen LogP contribution in [-0.4, -0.2) is 8.80 Å². The summed E-state index contributed by atoms with van der Waals surface area (Å²) in [4.78, 5) is 0. The van der Waals surface area contributed by atoms with Gasteiger partial charge in [-0.1, -0.05) is 224 Å². The molecule has 4 heteroatoms. The highest BCUT2D eigenvalue weighted by Gasteiger charge is 2.32. The van der Waals surface area contributed by atoms with Crippen LogP contribution >= 0.6 is 22.7 Å². The van der Waals surface area contributed by atoms with Crippen LogP contribution in [0.15, 0.2) is 255 Å². The van der Waals surface area contributed by atoms with Gasteiger partial charge < -0.3 is 8.80 Å². The van der Waals surface area contributed by atoms with E-state index in [2.05, 4.69) is 305 Å². The molecule has 0 aliphatic rings. The van der Waals surface area contributed by atoms with Crippen molar-refractivity contribution >= 4 is 139 Å². The Hall–Kier alpha value is -10.1. The Morgan fingerprint density at radius 2 is 0.578 bits per heavy atom. The van der Waals surface area contributed by atoms with Crippen LogP contribution in [0.5, 0.6) is 0 Å². The quantitative estimate of drug-likeness (QED) is 0.157. The molecule has 0 unspecified atom stereocenters. The molecular formula is C86H60N2S2. The monoisotopic (exact) mass is 1180 g/mol. The maximum atomic E-state index is 2.68. The predicted molar refractivity (Wildman–Crippen MR) is 392 cm³/mol. The van der Waals surface area contributed by atoms with Gasteiger partial charge in [0.1, 0.15) is 0 Å². The average molecular weight is 1190 g/mol. The summed E-state index contributed by atoms with van der Waals surface area (Å²) in [7, 11) is 0. The number of fused-ring (bicyclic) bond motifs is 20. The molecule has 0 amide bonds. The van der Waals surface area contributed by atoms with Crippen LogP contribution < -0.4 is 0 Å². The third kappa shape index (κ3) is 7.26. The zero-order chi connectivity index (χ0) is 60.1. The first-order valence-corrected chi connectivity index (χ1v) is 33.2. The molecule has 0 fully saturated rings. The van der Waals surface area contributed by atoms with Crippen molar-refractivity contribution < 1.29 is 0 Å². The molecule has 6 heterocycles. The van der Waals surface area contributed by atoms with Gasteiger partial charge in [-0.2, -0.15) is 0 Å². The Balaban J connectivity index is 1.05. The lowest BCUT2D eigenvalue weighted by molar-refractivity contribution is 0.590. The summed E-state index contributed by atoms with van der Waals surface area (Å²) in [5.74, 6) is 0. The van der Waals surface area contributed by atoms with Gasteiger partial charge in [-0.3, -0.25) is 0 Å². The molecule has 0 radical (unpaired) electrons. The number of aromatic nitrogens is 2. The molecule has 6 aromatic heterocycles. The van der Waals surface area contributed by atoms with Gasteiger partial charge in [0, 0.05) is 83.4 Å². The van der Waals surface area contributed by atoms with E-state index in [1.54, 1.807) is 0 Å². The molecule has 0 saturated heterocycles. The Bertz CT molecular complexity index is 5680. The van der Waals surface area contributed by atoms with E-state index in [0.717, 1.165) is 0 Å². The normalized spacial score (nSPS) is 12.8. The summed E-state index contributed by atoms with van der Waals surface area (Å²) in [5.41, 5.74) is 24.6. The second-order valence-corrected chi connectivity index (χ2v) is 29.2. The van der Waals surface area contributed by atoms with Crippen molar-refractivity contribution in [1.29, 1.82) is 0 Å². The van der Waals surface area contributed by atoms with Gasteiger partial charge in [-0.25, -0.2) is 0 Å². The van der Waals surface area contributed by atoms with Gasteiger partial charge in [0.2, 0.25) is 0 Å². The van der Waals surface area contributed by atoms with E-state index in [1.807, 2.05) is 22.7 Å².